The van der Waals surface area contributed by atoms with Crippen molar-refractivity contribution >= 4 is 23.2 Å². The lowest BCUT2D eigenvalue weighted by Gasteiger charge is -2.07. The zero-order valence-corrected chi connectivity index (χ0v) is 14.4. The Morgan fingerprint density at radius 2 is 1.69 bits per heavy atom. The van der Waals surface area contributed by atoms with E-state index < -0.39 is 23.2 Å². The number of nitrogens with zero attached hydrogens (tertiary/aromatic N) is 2. The Morgan fingerprint density at radius 3 is 2.27 bits per heavy atom. The lowest BCUT2D eigenvalue weighted by Crippen LogP contribution is -2.18. The second kappa shape index (κ2) is 9.12. The first kappa shape index (κ1) is 18.9. The summed E-state index contributed by atoms with van der Waals surface area (Å²) in [5.74, 6) is -2.12. The van der Waals surface area contributed by atoms with Gasteiger partial charge in [-0.3, -0.25) is 4.79 Å². The molecule has 0 fully saturated rings. The maximum absolute atomic E-state index is 12.2. The predicted octanol–water partition coefficient (Wildman–Crippen LogP) is 3.84. The largest absolute Gasteiger partial charge is 0.505 e. The molecule has 0 heterocycles. The fourth-order valence-electron chi connectivity index (χ4n) is 2.00. The van der Waals surface area contributed by atoms with Gasteiger partial charge in [-0.25, -0.2) is 4.79 Å². The molecule has 0 unspecified atom stereocenters. The third-order valence-corrected chi connectivity index (χ3v) is 3.27. The average Bonchev–Trinajstić information content (AvgIpc) is 2.68. The summed E-state index contributed by atoms with van der Waals surface area (Å²) in [6.07, 6.45) is 0. The van der Waals surface area contributed by atoms with E-state index in [1.165, 1.54) is 0 Å². The third kappa shape index (κ3) is 4.76. The van der Waals surface area contributed by atoms with Crippen molar-refractivity contribution in [1.29, 1.82) is 0 Å². The van der Waals surface area contributed by atoms with Crippen LogP contribution in [0.2, 0.25) is 0 Å². The van der Waals surface area contributed by atoms with E-state index in [1.807, 2.05) is 6.92 Å². The van der Waals surface area contributed by atoms with Gasteiger partial charge in [-0.1, -0.05) is 18.2 Å². The van der Waals surface area contributed by atoms with Gasteiger partial charge < -0.3 is 14.6 Å². The number of rotatable bonds is 7. The van der Waals surface area contributed by atoms with Gasteiger partial charge in [-0.2, -0.15) is 5.11 Å². The molecule has 2 aromatic rings. The van der Waals surface area contributed by atoms with Crippen LogP contribution in [0.3, 0.4) is 0 Å². The van der Waals surface area contributed by atoms with Crippen molar-refractivity contribution < 1.29 is 24.2 Å². The predicted molar refractivity (Wildman–Crippen MR) is 95.1 cm³/mol. The second-order valence-electron chi connectivity index (χ2n) is 5.01. The van der Waals surface area contributed by atoms with Crippen molar-refractivity contribution in [3.8, 4) is 5.75 Å². The van der Waals surface area contributed by atoms with Crippen LogP contribution >= 0.6 is 0 Å². The highest BCUT2D eigenvalue weighted by Gasteiger charge is 2.25. The zero-order valence-electron chi connectivity index (χ0n) is 14.4. The molecule has 7 nitrogen and oxygen atoms in total. The van der Waals surface area contributed by atoms with Gasteiger partial charge in [0.15, 0.2) is 11.5 Å². The second-order valence-corrected chi connectivity index (χ2v) is 5.01. The summed E-state index contributed by atoms with van der Waals surface area (Å²) in [4.78, 5) is 23.8. The maximum Gasteiger partial charge on any atom is 0.381 e. The summed E-state index contributed by atoms with van der Waals surface area (Å²) in [7, 11) is 1.07. The van der Waals surface area contributed by atoms with Crippen molar-refractivity contribution in [3.63, 3.8) is 0 Å². The van der Waals surface area contributed by atoms with Gasteiger partial charge in [0.2, 0.25) is 0 Å². The summed E-state index contributed by atoms with van der Waals surface area (Å²) >= 11 is 0. The summed E-state index contributed by atoms with van der Waals surface area (Å²) in [6, 6.07) is 15.0. The summed E-state index contributed by atoms with van der Waals surface area (Å²) in [5.41, 5.74) is 0.236. The van der Waals surface area contributed by atoms with E-state index in [1.54, 1.807) is 54.6 Å². The van der Waals surface area contributed by atoms with Gasteiger partial charge in [0.1, 0.15) is 5.75 Å². The van der Waals surface area contributed by atoms with Crippen LogP contribution in [-0.2, 0) is 14.3 Å². The van der Waals surface area contributed by atoms with Crippen molar-refractivity contribution in [2.75, 3.05) is 13.7 Å². The number of hydrogen-bond donors (Lipinski definition) is 1. The van der Waals surface area contributed by atoms with E-state index in [-0.39, 0.29) is 5.56 Å². The molecule has 26 heavy (non-hydrogen) atoms. The number of hydrogen-bond acceptors (Lipinski definition) is 7. The number of Topliss-reactive ketones (excluding diaryl/α,β-unsaturated/α-hetero) is 1. The monoisotopic (exact) mass is 354 g/mol. The lowest BCUT2D eigenvalue weighted by atomic mass is 10.1. The average molecular weight is 354 g/mol. The van der Waals surface area contributed by atoms with E-state index in [0.717, 1.165) is 7.11 Å². The highest BCUT2D eigenvalue weighted by molar-refractivity contribution is 6.41. The van der Waals surface area contributed by atoms with Gasteiger partial charge in [0.25, 0.3) is 5.78 Å². The van der Waals surface area contributed by atoms with E-state index in [4.69, 9.17) is 4.74 Å². The first-order valence-electron chi connectivity index (χ1n) is 7.82. The molecule has 7 heteroatoms. The molecule has 0 spiro atoms. The Morgan fingerprint density at radius 1 is 1.04 bits per heavy atom. The molecule has 0 aromatic heterocycles. The molecule has 0 bridgehead atoms. The third-order valence-electron chi connectivity index (χ3n) is 3.27. The molecule has 134 valence electrons. The van der Waals surface area contributed by atoms with Crippen LogP contribution in [0.15, 0.2) is 70.5 Å². The van der Waals surface area contributed by atoms with Crippen molar-refractivity contribution in [3.05, 3.63) is 65.9 Å². The molecule has 0 amide bonds. The Balaban J connectivity index is 2.43. The minimum atomic E-state index is -1.15. The Labute approximate surface area is 150 Å². The maximum atomic E-state index is 12.2. The quantitative estimate of drug-likeness (QED) is 0.268. The molecular formula is C19H18N2O5. The smallest absolute Gasteiger partial charge is 0.381 e. The van der Waals surface area contributed by atoms with E-state index in [2.05, 4.69) is 15.0 Å². The van der Waals surface area contributed by atoms with Gasteiger partial charge in [0, 0.05) is 5.56 Å². The molecule has 1 N–H and O–H groups in total. The molecule has 0 saturated carbocycles. The molecule has 0 aliphatic heterocycles. The Bertz CT molecular complexity index is 827. The molecular weight excluding hydrogens is 336 g/mol. The number of aliphatic hydroxyl groups excluding tert-OH is 1. The molecule has 0 radical (unpaired) electrons. The highest BCUT2D eigenvalue weighted by Crippen LogP contribution is 2.23. The number of aliphatic hydroxyl groups is 1. The van der Waals surface area contributed by atoms with Gasteiger partial charge >= 0.3 is 5.97 Å². The van der Waals surface area contributed by atoms with Crippen molar-refractivity contribution in [1.82, 2.24) is 0 Å². The van der Waals surface area contributed by atoms with Crippen LogP contribution in [0.1, 0.15) is 12.5 Å². The number of carbonyl (C=O) groups is 2. The summed E-state index contributed by atoms with van der Waals surface area (Å²) in [6.45, 7) is 2.35. The van der Waals surface area contributed by atoms with Gasteiger partial charge in [-0.05, 0) is 43.3 Å². The fraction of sp³-hybridized carbons (Fsp3) is 0.158. The minimum Gasteiger partial charge on any atom is -0.505 e. The molecule has 2 aromatic carbocycles. The van der Waals surface area contributed by atoms with Crippen LogP contribution in [0.4, 0.5) is 5.69 Å². The molecule has 0 aliphatic rings. The number of benzene rings is 2. The first-order valence-corrected chi connectivity index (χ1v) is 7.82. The molecule has 0 atom stereocenters. The minimum absolute atomic E-state index is 0.285. The summed E-state index contributed by atoms with van der Waals surface area (Å²) in [5, 5.41) is 18.1. The highest BCUT2D eigenvalue weighted by atomic mass is 16.5. The van der Waals surface area contributed by atoms with Gasteiger partial charge in [-0.15, -0.1) is 5.11 Å². The lowest BCUT2D eigenvalue weighted by molar-refractivity contribution is -0.149. The normalized spacial score (nSPS) is 11.8. The Hall–Kier alpha value is -3.48. The zero-order chi connectivity index (χ0) is 18.9. The number of ether oxygens (including phenoxy) is 2. The SMILES string of the molecule is CCOc1ccc(/C(O)=C(\N=Nc2ccccc2)C(=O)C(=O)OC)cc1. The van der Waals surface area contributed by atoms with Crippen molar-refractivity contribution in [2.45, 2.75) is 6.92 Å². The Kier molecular flexibility index (Phi) is 6.61. The number of esters is 1. The fourth-order valence-corrected chi connectivity index (χ4v) is 2.00. The van der Waals surface area contributed by atoms with Crippen LogP contribution in [0.25, 0.3) is 5.76 Å². The van der Waals surface area contributed by atoms with Crippen LogP contribution < -0.4 is 4.74 Å². The van der Waals surface area contributed by atoms with Crippen LogP contribution in [0, 0.1) is 0 Å². The van der Waals surface area contributed by atoms with E-state index in [9.17, 15) is 14.7 Å². The molecule has 2 rings (SSSR count). The number of methoxy groups -OCH3 is 1. The molecule has 0 aliphatic carbocycles. The van der Waals surface area contributed by atoms with Crippen molar-refractivity contribution in [2.24, 2.45) is 10.2 Å². The topological polar surface area (TPSA) is 97.5 Å². The number of ketones is 1. The van der Waals surface area contributed by atoms with E-state index in [0.29, 0.717) is 18.0 Å². The van der Waals surface area contributed by atoms with Gasteiger partial charge in [0.05, 0.1) is 19.4 Å². The standard InChI is InChI=1S/C19H18N2O5/c1-3-26-15-11-9-13(10-12-15)17(22)16(18(23)19(24)25-2)21-20-14-7-5-4-6-8-14/h4-12,22H,3H2,1-2H3/b17-16+,21-20?. The number of azo groups is 1. The number of carbonyl (C=O) groups excluding carboxylic acids is 2. The van der Waals surface area contributed by atoms with E-state index >= 15 is 0 Å². The summed E-state index contributed by atoms with van der Waals surface area (Å²) < 4.78 is 9.76. The van der Waals surface area contributed by atoms with Crippen LogP contribution in [-0.4, -0.2) is 30.6 Å². The first-order chi connectivity index (χ1) is 12.6. The van der Waals surface area contributed by atoms with Crippen LogP contribution in [0.5, 0.6) is 5.75 Å². The molecule has 0 saturated heterocycles.